The molecule has 0 amide bonds. The van der Waals surface area contributed by atoms with Gasteiger partial charge in [0, 0.05) is 11.1 Å². The summed E-state index contributed by atoms with van der Waals surface area (Å²) in [5.74, 6) is 5.52. The van der Waals surface area contributed by atoms with Crippen molar-refractivity contribution < 1.29 is 0 Å². The van der Waals surface area contributed by atoms with Gasteiger partial charge < -0.3 is 0 Å². The van der Waals surface area contributed by atoms with E-state index in [1.165, 1.54) is 0 Å². The van der Waals surface area contributed by atoms with Crippen LogP contribution in [0.4, 0.5) is 0 Å². The van der Waals surface area contributed by atoms with Crippen molar-refractivity contribution >= 4 is 34.0 Å². The standard InChI is InChI=1S/C16H8S3/c1-3-13-14(4-2)16(12-6-8-18-10-12)19-15(13)11-5-7-17-9-11/h1-2,5-10H. The number of hydrogen-bond donors (Lipinski definition) is 0. The number of terminal acetylenes is 2. The van der Waals surface area contributed by atoms with Gasteiger partial charge in [-0.15, -0.1) is 24.2 Å². The molecule has 0 nitrogen and oxygen atoms in total. The highest BCUT2D eigenvalue weighted by Crippen LogP contribution is 2.42. The molecular weight excluding hydrogens is 288 g/mol. The van der Waals surface area contributed by atoms with Crippen LogP contribution in [0.2, 0.25) is 0 Å². The molecule has 0 aliphatic rings. The summed E-state index contributed by atoms with van der Waals surface area (Å²) in [5.41, 5.74) is 3.99. The topological polar surface area (TPSA) is 0 Å². The van der Waals surface area contributed by atoms with Crippen LogP contribution in [0.15, 0.2) is 33.7 Å². The fourth-order valence-corrected chi connectivity index (χ4v) is 4.56. The lowest BCUT2D eigenvalue weighted by Crippen LogP contribution is -1.80. The Kier molecular flexibility index (Phi) is 3.27. The molecule has 0 bridgehead atoms. The summed E-state index contributed by atoms with van der Waals surface area (Å²) in [5, 5.41) is 8.30. The number of hydrogen-bond acceptors (Lipinski definition) is 3. The van der Waals surface area contributed by atoms with E-state index in [-0.39, 0.29) is 0 Å². The molecule has 0 aliphatic heterocycles. The van der Waals surface area contributed by atoms with E-state index < -0.39 is 0 Å². The summed E-state index contributed by atoms with van der Waals surface area (Å²) in [4.78, 5) is 2.19. The molecule has 0 aromatic carbocycles. The van der Waals surface area contributed by atoms with E-state index in [2.05, 4.69) is 45.5 Å². The minimum atomic E-state index is 0.840. The van der Waals surface area contributed by atoms with Gasteiger partial charge in [0.15, 0.2) is 0 Å². The summed E-state index contributed by atoms with van der Waals surface area (Å²) >= 11 is 5.00. The van der Waals surface area contributed by atoms with Gasteiger partial charge in [0.25, 0.3) is 0 Å². The third-order valence-electron chi connectivity index (χ3n) is 2.76. The van der Waals surface area contributed by atoms with Crippen molar-refractivity contribution in [3.63, 3.8) is 0 Å². The van der Waals surface area contributed by atoms with Crippen molar-refractivity contribution in [1.29, 1.82) is 0 Å². The molecule has 90 valence electrons. The summed E-state index contributed by atoms with van der Waals surface area (Å²) in [6.07, 6.45) is 11.3. The van der Waals surface area contributed by atoms with E-state index in [0.717, 1.165) is 32.0 Å². The Balaban J connectivity index is 2.29. The molecule has 3 rings (SSSR count). The Morgan fingerprint density at radius 1 is 0.789 bits per heavy atom. The zero-order chi connectivity index (χ0) is 13.2. The van der Waals surface area contributed by atoms with E-state index in [1.807, 2.05) is 0 Å². The fraction of sp³-hybridized carbons (Fsp3) is 0. The first kappa shape index (κ1) is 12.3. The highest BCUT2D eigenvalue weighted by atomic mass is 32.1. The van der Waals surface area contributed by atoms with Crippen LogP contribution in [-0.2, 0) is 0 Å². The second-order valence-electron chi connectivity index (χ2n) is 3.82. The van der Waals surface area contributed by atoms with E-state index in [1.54, 1.807) is 34.0 Å². The first-order valence-corrected chi connectivity index (χ1v) is 8.20. The van der Waals surface area contributed by atoms with Crippen LogP contribution >= 0.6 is 34.0 Å². The van der Waals surface area contributed by atoms with Gasteiger partial charge in [0.05, 0.1) is 20.9 Å². The van der Waals surface area contributed by atoms with Gasteiger partial charge in [-0.05, 0) is 33.7 Å². The summed E-state index contributed by atoms with van der Waals surface area (Å²) in [7, 11) is 0. The quantitative estimate of drug-likeness (QED) is 0.572. The van der Waals surface area contributed by atoms with Crippen LogP contribution in [0.5, 0.6) is 0 Å². The first-order valence-electron chi connectivity index (χ1n) is 5.50. The average molecular weight is 296 g/mol. The van der Waals surface area contributed by atoms with Crippen molar-refractivity contribution in [3.8, 4) is 45.6 Å². The van der Waals surface area contributed by atoms with Gasteiger partial charge >= 0.3 is 0 Å². The number of rotatable bonds is 2. The molecule has 19 heavy (non-hydrogen) atoms. The maximum atomic E-state index is 5.67. The van der Waals surface area contributed by atoms with Crippen LogP contribution in [0.3, 0.4) is 0 Å². The van der Waals surface area contributed by atoms with Crippen molar-refractivity contribution in [1.82, 2.24) is 0 Å². The Morgan fingerprint density at radius 2 is 1.26 bits per heavy atom. The van der Waals surface area contributed by atoms with Gasteiger partial charge in [-0.25, -0.2) is 0 Å². The monoisotopic (exact) mass is 296 g/mol. The fourth-order valence-electron chi connectivity index (χ4n) is 1.90. The molecule has 3 heteroatoms. The average Bonchev–Trinajstić information content (AvgIpc) is 3.16. The largest absolute Gasteiger partial charge is 0.152 e. The minimum Gasteiger partial charge on any atom is -0.152 e. The predicted molar refractivity (Wildman–Crippen MR) is 86.8 cm³/mol. The van der Waals surface area contributed by atoms with Crippen molar-refractivity contribution in [2.75, 3.05) is 0 Å². The molecule has 3 heterocycles. The molecule has 3 aromatic rings. The molecule has 0 saturated carbocycles. The smallest absolute Gasteiger partial charge is 0.0592 e. The molecule has 0 fully saturated rings. The van der Waals surface area contributed by atoms with Crippen molar-refractivity contribution in [3.05, 3.63) is 44.8 Å². The van der Waals surface area contributed by atoms with E-state index in [0.29, 0.717) is 0 Å². The molecular formula is C16H8S3. The van der Waals surface area contributed by atoms with Gasteiger partial charge in [0.1, 0.15) is 0 Å². The number of thiophene rings is 3. The highest BCUT2D eigenvalue weighted by molar-refractivity contribution is 7.20. The van der Waals surface area contributed by atoms with Gasteiger partial charge in [-0.1, -0.05) is 11.8 Å². The second kappa shape index (κ2) is 5.07. The zero-order valence-electron chi connectivity index (χ0n) is 9.84. The predicted octanol–water partition coefficient (Wildman–Crippen LogP) is 5.17. The SMILES string of the molecule is C#Cc1c(-c2ccsc2)sc(-c2ccsc2)c1C#C. The maximum absolute atomic E-state index is 5.67. The van der Waals surface area contributed by atoms with Crippen LogP contribution in [0.25, 0.3) is 20.9 Å². The third-order valence-corrected chi connectivity index (χ3v) is 5.42. The van der Waals surface area contributed by atoms with Gasteiger partial charge in [0.2, 0.25) is 0 Å². The molecule has 0 spiro atoms. The van der Waals surface area contributed by atoms with Gasteiger partial charge in [-0.2, -0.15) is 22.7 Å². The van der Waals surface area contributed by atoms with E-state index in [9.17, 15) is 0 Å². The highest BCUT2D eigenvalue weighted by Gasteiger charge is 2.18. The lowest BCUT2D eigenvalue weighted by molar-refractivity contribution is 1.72. The third kappa shape index (κ3) is 2.03. The molecule has 0 unspecified atom stereocenters. The van der Waals surface area contributed by atoms with E-state index >= 15 is 0 Å². The minimum absolute atomic E-state index is 0.840. The van der Waals surface area contributed by atoms with Gasteiger partial charge in [-0.3, -0.25) is 0 Å². The molecule has 0 N–H and O–H groups in total. The second-order valence-corrected chi connectivity index (χ2v) is 6.40. The Hall–Kier alpha value is -1.78. The zero-order valence-corrected chi connectivity index (χ0v) is 12.3. The summed E-state index contributed by atoms with van der Waals surface area (Å²) in [6.45, 7) is 0. The normalized spacial score (nSPS) is 10.0. The van der Waals surface area contributed by atoms with Crippen molar-refractivity contribution in [2.45, 2.75) is 0 Å². The lowest BCUT2D eigenvalue weighted by Gasteiger charge is -1.94. The van der Waals surface area contributed by atoms with Crippen molar-refractivity contribution in [2.24, 2.45) is 0 Å². The Labute approximate surface area is 124 Å². The van der Waals surface area contributed by atoms with Crippen LogP contribution in [0.1, 0.15) is 11.1 Å². The molecule has 0 atom stereocenters. The van der Waals surface area contributed by atoms with Crippen LogP contribution in [0, 0.1) is 24.7 Å². The summed E-state index contributed by atoms with van der Waals surface area (Å²) in [6, 6.07) is 4.16. The molecule has 0 radical (unpaired) electrons. The molecule has 3 aromatic heterocycles. The Bertz CT molecular complexity index is 706. The summed E-state index contributed by atoms with van der Waals surface area (Å²) < 4.78 is 0. The van der Waals surface area contributed by atoms with Crippen LogP contribution in [-0.4, -0.2) is 0 Å². The van der Waals surface area contributed by atoms with Crippen LogP contribution < -0.4 is 0 Å². The maximum Gasteiger partial charge on any atom is 0.0592 e. The Morgan fingerprint density at radius 3 is 1.58 bits per heavy atom. The molecule has 0 saturated heterocycles. The van der Waals surface area contributed by atoms with E-state index in [4.69, 9.17) is 12.8 Å². The molecule has 0 aliphatic carbocycles. The lowest BCUT2D eigenvalue weighted by atomic mass is 10.1. The first-order chi connectivity index (χ1) is 9.35.